The molecule has 0 saturated heterocycles. The largest absolute Gasteiger partial charge is 0.506 e. The van der Waals surface area contributed by atoms with Gasteiger partial charge in [0, 0.05) is 5.39 Å². The Labute approximate surface area is 80.1 Å². The minimum atomic E-state index is -0.476. The molecule has 2 rings (SSSR count). The van der Waals surface area contributed by atoms with Crippen LogP contribution in [0.1, 0.15) is 18.6 Å². The topological polar surface area (TPSA) is 40.5 Å². The summed E-state index contributed by atoms with van der Waals surface area (Å²) in [6.07, 6.45) is -0.476. The Bertz CT molecular complexity index is 431. The van der Waals surface area contributed by atoms with E-state index in [4.69, 9.17) is 0 Å². The summed E-state index contributed by atoms with van der Waals surface area (Å²) in [5, 5.41) is 21.8. The summed E-state index contributed by atoms with van der Waals surface area (Å²) in [5.74, 6) is 0.286. The Hall–Kier alpha value is -1.06. The summed E-state index contributed by atoms with van der Waals surface area (Å²) < 4.78 is 0.846. The van der Waals surface area contributed by atoms with Crippen LogP contribution in [-0.4, -0.2) is 10.2 Å². The fourth-order valence-corrected chi connectivity index (χ4v) is 2.46. The van der Waals surface area contributed by atoms with E-state index in [0.29, 0.717) is 0 Å². The molecule has 0 radical (unpaired) electrons. The molecule has 1 heterocycles. The lowest BCUT2D eigenvalue weighted by Gasteiger charge is -2.01. The number of hydrogen-bond donors (Lipinski definition) is 2. The van der Waals surface area contributed by atoms with Gasteiger partial charge in [-0.15, -0.1) is 11.3 Å². The molecule has 1 atom stereocenters. The van der Waals surface area contributed by atoms with Gasteiger partial charge < -0.3 is 10.2 Å². The van der Waals surface area contributed by atoms with Crippen molar-refractivity contribution in [3.63, 3.8) is 0 Å². The highest BCUT2D eigenvalue weighted by atomic mass is 32.1. The molecule has 2 N–H and O–H groups in total. The molecular formula is C10H10O2S. The van der Waals surface area contributed by atoms with Crippen LogP contribution in [0.25, 0.3) is 10.1 Å². The molecule has 0 amide bonds. The van der Waals surface area contributed by atoms with E-state index in [9.17, 15) is 10.2 Å². The van der Waals surface area contributed by atoms with E-state index in [0.717, 1.165) is 15.6 Å². The standard InChI is InChI=1S/C10H10O2S/c1-6(11)8-5-13-10-7(8)3-2-4-9(10)12/h2-6,11-12H,1H3. The number of fused-ring (bicyclic) bond motifs is 1. The molecule has 0 bridgehead atoms. The Morgan fingerprint density at radius 2 is 2.15 bits per heavy atom. The maximum atomic E-state index is 9.50. The lowest BCUT2D eigenvalue weighted by atomic mass is 10.1. The number of thiophene rings is 1. The molecule has 0 aliphatic carbocycles. The molecule has 0 fully saturated rings. The number of rotatable bonds is 1. The predicted octanol–water partition coefficient (Wildman–Crippen LogP) is 2.66. The summed E-state index contributed by atoms with van der Waals surface area (Å²) in [6, 6.07) is 5.36. The molecule has 3 heteroatoms. The second kappa shape index (κ2) is 3.01. The first kappa shape index (κ1) is 8.53. The zero-order chi connectivity index (χ0) is 9.42. The fraction of sp³-hybridized carbons (Fsp3) is 0.200. The number of phenols is 1. The van der Waals surface area contributed by atoms with Crippen molar-refractivity contribution in [1.82, 2.24) is 0 Å². The number of hydrogen-bond acceptors (Lipinski definition) is 3. The Morgan fingerprint density at radius 3 is 2.85 bits per heavy atom. The van der Waals surface area contributed by atoms with Crippen molar-refractivity contribution >= 4 is 21.4 Å². The third-order valence-electron chi connectivity index (χ3n) is 2.06. The minimum absolute atomic E-state index is 0.286. The summed E-state index contributed by atoms with van der Waals surface area (Å²) in [6.45, 7) is 1.73. The van der Waals surface area contributed by atoms with Crippen LogP contribution >= 0.6 is 11.3 Å². The third-order valence-corrected chi connectivity index (χ3v) is 3.10. The molecular weight excluding hydrogens is 184 g/mol. The lowest BCUT2D eigenvalue weighted by Crippen LogP contribution is -1.87. The van der Waals surface area contributed by atoms with E-state index in [-0.39, 0.29) is 5.75 Å². The maximum Gasteiger partial charge on any atom is 0.133 e. The lowest BCUT2D eigenvalue weighted by molar-refractivity contribution is 0.201. The Kier molecular flexibility index (Phi) is 1.98. The summed E-state index contributed by atoms with van der Waals surface area (Å²) in [5.41, 5.74) is 0.885. The van der Waals surface area contributed by atoms with Crippen molar-refractivity contribution in [2.75, 3.05) is 0 Å². The van der Waals surface area contributed by atoms with Gasteiger partial charge in [-0.3, -0.25) is 0 Å². The Morgan fingerprint density at radius 1 is 1.38 bits per heavy atom. The average Bonchev–Trinajstić information content (AvgIpc) is 2.48. The van der Waals surface area contributed by atoms with E-state index in [1.54, 1.807) is 19.1 Å². The van der Waals surface area contributed by atoms with Gasteiger partial charge in [0.2, 0.25) is 0 Å². The van der Waals surface area contributed by atoms with Gasteiger partial charge in [0.05, 0.1) is 10.8 Å². The molecule has 68 valence electrons. The molecule has 13 heavy (non-hydrogen) atoms. The van der Waals surface area contributed by atoms with Crippen LogP contribution < -0.4 is 0 Å². The second-order valence-corrected chi connectivity index (χ2v) is 3.90. The van der Waals surface area contributed by atoms with Crippen molar-refractivity contribution in [1.29, 1.82) is 0 Å². The highest BCUT2D eigenvalue weighted by molar-refractivity contribution is 7.17. The van der Waals surface area contributed by atoms with E-state index in [2.05, 4.69) is 0 Å². The van der Waals surface area contributed by atoms with Crippen molar-refractivity contribution in [3.8, 4) is 5.75 Å². The molecule has 0 aliphatic heterocycles. The first-order chi connectivity index (χ1) is 6.20. The number of benzene rings is 1. The first-order valence-corrected chi connectivity index (χ1v) is 4.95. The van der Waals surface area contributed by atoms with Crippen LogP contribution in [0.2, 0.25) is 0 Å². The van der Waals surface area contributed by atoms with E-state index >= 15 is 0 Å². The summed E-state index contributed by atoms with van der Waals surface area (Å²) in [7, 11) is 0. The minimum Gasteiger partial charge on any atom is -0.506 e. The Balaban J connectivity index is 2.75. The third kappa shape index (κ3) is 1.30. The number of aromatic hydroxyl groups is 1. The van der Waals surface area contributed by atoms with Gasteiger partial charge >= 0.3 is 0 Å². The average molecular weight is 194 g/mol. The van der Waals surface area contributed by atoms with Crippen molar-refractivity contribution in [2.24, 2.45) is 0 Å². The van der Waals surface area contributed by atoms with Gasteiger partial charge in [-0.05, 0) is 23.9 Å². The molecule has 0 aliphatic rings. The molecule has 1 aromatic heterocycles. The van der Waals surface area contributed by atoms with Gasteiger partial charge in [-0.2, -0.15) is 0 Å². The second-order valence-electron chi connectivity index (χ2n) is 3.02. The molecule has 0 saturated carbocycles. The quantitative estimate of drug-likeness (QED) is 0.732. The van der Waals surface area contributed by atoms with Crippen molar-refractivity contribution < 1.29 is 10.2 Å². The number of phenolic OH excluding ortho intramolecular Hbond substituents is 1. The molecule has 1 unspecified atom stereocenters. The first-order valence-electron chi connectivity index (χ1n) is 4.07. The van der Waals surface area contributed by atoms with Crippen LogP contribution in [0.4, 0.5) is 0 Å². The highest BCUT2D eigenvalue weighted by Crippen LogP contribution is 2.35. The maximum absolute atomic E-state index is 9.50. The van der Waals surface area contributed by atoms with Gasteiger partial charge in [-0.25, -0.2) is 0 Å². The van der Waals surface area contributed by atoms with Crippen LogP contribution in [-0.2, 0) is 0 Å². The fourth-order valence-electron chi connectivity index (χ4n) is 1.39. The normalized spacial score (nSPS) is 13.4. The van der Waals surface area contributed by atoms with Gasteiger partial charge in [0.1, 0.15) is 5.75 Å². The molecule has 2 aromatic rings. The van der Waals surface area contributed by atoms with Gasteiger partial charge in [0.15, 0.2) is 0 Å². The SMILES string of the molecule is CC(O)c1csc2c(O)cccc12. The molecule has 1 aromatic carbocycles. The van der Waals surface area contributed by atoms with Crippen LogP contribution in [0.3, 0.4) is 0 Å². The molecule has 2 nitrogen and oxygen atoms in total. The smallest absolute Gasteiger partial charge is 0.133 e. The van der Waals surface area contributed by atoms with Crippen molar-refractivity contribution in [2.45, 2.75) is 13.0 Å². The van der Waals surface area contributed by atoms with E-state index < -0.39 is 6.10 Å². The predicted molar refractivity (Wildman–Crippen MR) is 54.1 cm³/mol. The monoisotopic (exact) mass is 194 g/mol. The zero-order valence-electron chi connectivity index (χ0n) is 7.19. The van der Waals surface area contributed by atoms with Crippen LogP contribution in [0.5, 0.6) is 5.75 Å². The van der Waals surface area contributed by atoms with Crippen LogP contribution in [0, 0.1) is 0 Å². The summed E-state index contributed by atoms with van der Waals surface area (Å²) >= 11 is 1.46. The van der Waals surface area contributed by atoms with E-state index in [1.165, 1.54) is 11.3 Å². The van der Waals surface area contributed by atoms with E-state index in [1.807, 2.05) is 11.4 Å². The zero-order valence-corrected chi connectivity index (χ0v) is 8.01. The van der Waals surface area contributed by atoms with Gasteiger partial charge in [-0.1, -0.05) is 12.1 Å². The van der Waals surface area contributed by atoms with Crippen LogP contribution in [0.15, 0.2) is 23.6 Å². The number of aliphatic hydroxyl groups is 1. The van der Waals surface area contributed by atoms with Gasteiger partial charge in [0.25, 0.3) is 0 Å². The summed E-state index contributed by atoms with van der Waals surface area (Å²) in [4.78, 5) is 0. The highest BCUT2D eigenvalue weighted by Gasteiger charge is 2.10. The molecule has 0 spiro atoms. The number of aliphatic hydroxyl groups excluding tert-OH is 1. The van der Waals surface area contributed by atoms with Crippen molar-refractivity contribution in [3.05, 3.63) is 29.1 Å².